The number of pyridine rings is 1. The van der Waals surface area contributed by atoms with Crippen LogP contribution in [0, 0.1) is 5.82 Å². The average molecular weight is 448 g/mol. The molecule has 1 aromatic carbocycles. The van der Waals surface area contributed by atoms with Crippen molar-refractivity contribution in [2.24, 2.45) is 0 Å². The molecular formula is C24H26FN7O. The molecule has 2 fully saturated rings. The smallest absolute Gasteiger partial charge is 0.227 e. The Kier molecular flexibility index (Phi) is 4.79. The summed E-state index contributed by atoms with van der Waals surface area (Å²) in [5.41, 5.74) is 2.84. The fourth-order valence-corrected chi connectivity index (χ4v) is 5.06. The number of nitrogens with one attached hydrogen (secondary N) is 1. The Morgan fingerprint density at radius 2 is 2.00 bits per heavy atom. The van der Waals surface area contributed by atoms with Crippen LogP contribution in [-0.4, -0.2) is 72.3 Å². The van der Waals surface area contributed by atoms with Gasteiger partial charge in [-0.3, -0.25) is 4.90 Å². The van der Waals surface area contributed by atoms with Crippen LogP contribution in [0.15, 0.2) is 42.7 Å². The highest BCUT2D eigenvalue weighted by Gasteiger charge is 2.42. The zero-order valence-electron chi connectivity index (χ0n) is 18.7. The quantitative estimate of drug-likeness (QED) is 0.654. The molecule has 170 valence electrons. The number of aromatic nitrogens is 3. The molecule has 0 radical (unpaired) electrons. The minimum absolute atomic E-state index is 0.230. The van der Waals surface area contributed by atoms with Gasteiger partial charge < -0.3 is 19.9 Å². The van der Waals surface area contributed by atoms with Crippen molar-refractivity contribution in [2.45, 2.75) is 18.5 Å². The van der Waals surface area contributed by atoms with Crippen molar-refractivity contribution in [1.82, 2.24) is 19.9 Å². The summed E-state index contributed by atoms with van der Waals surface area (Å²) in [7, 11) is 4.14. The largest absolute Gasteiger partial charge is 0.488 e. The summed E-state index contributed by atoms with van der Waals surface area (Å²) >= 11 is 0. The molecule has 3 aliphatic rings. The first kappa shape index (κ1) is 20.2. The standard InChI is InChI=1S/C24H26FN7O/c1-30-7-8-33-22-9-15(12-27-23(22)30)20-5-6-26-24(29-20)28-16-3-4-21(19(25)10-16)32-14-17-11-18(32)13-31(17)2/h3-6,9-10,12,17-18H,7-8,11,13-14H2,1-2H3,(H,26,28,29)/t17-,18-/m0/s1. The van der Waals surface area contributed by atoms with Gasteiger partial charge in [-0.15, -0.1) is 0 Å². The highest BCUT2D eigenvalue weighted by Crippen LogP contribution is 2.36. The highest BCUT2D eigenvalue weighted by atomic mass is 19.1. The number of hydrogen-bond donors (Lipinski definition) is 1. The fraction of sp³-hybridized carbons (Fsp3) is 0.375. The van der Waals surface area contributed by atoms with Gasteiger partial charge in [0.05, 0.1) is 17.9 Å². The molecule has 0 saturated carbocycles. The molecule has 6 rings (SSSR count). The number of nitrogens with zero attached hydrogens (tertiary/aromatic N) is 6. The third kappa shape index (κ3) is 3.62. The normalized spacial score (nSPS) is 21.8. The molecule has 2 bridgehead atoms. The van der Waals surface area contributed by atoms with Crippen LogP contribution >= 0.6 is 0 Å². The van der Waals surface area contributed by atoms with Crippen molar-refractivity contribution in [2.75, 3.05) is 55.5 Å². The van der Waals surface area contributed by atoms with E-state index in [-0.39, 0.29) is 5.82 Å². The molecule has 33 heavy (non-hydrogen) atoms. The SMILES string of the molecule is CN1CCOc2cc(-c3ccnc(Nc4ccc(N5C[C@@H]6C[C@H]5CN6C)c(F)c4)n3)cnc21. The molecule has 0 aliphatic carbocycles. The maximum atomic E-state index is 15.0. The summed E-state index contributed by atoms with van der Waals surface area (Å²) in [6, 6.07) is 9.93. The Labute approximate surface area is 192 Å². The highest BCUT2D eigenvalue weighted by molar-refractivity contribution is 5.68. The number of ether oxygens (including phenoxy) is 1. The molecule has 8 nitrogen and oxygen atoms in total. The second kappa shape index (κ2) is 7.84. The molecule has 0 spiro atoms. The van der Waals surface area contributed by atoms with Gasteiger partial charge in [-0.05, 0) is 43.8 Å². The van der Waals surface area contributed by atoms with E-state index >= 15 is 4.39 Å². The van der Waals surface area contributed by atoms with Crippen LogP contribution in [0.1, 0.15) is 6.42 Å². The summed E-state index contributed by atoms with van der Waals surface area (Å²) in [6.45, 7) is 3.31. The second-order valence-electron chi connectivity index (χ2n) is 9.01. The molecule has 0 amide bonds. The van der Waals surface area contributed by atoms with Gasteiger partial charge in [0.1, 0.15) is 12.4 Å². The lowest BCUT2D eigenvalue weighted by molar-refractivity contribution is 0.292. The minimum Gasteiger partial charge on any atom is -0.488 e. The third-order valence-electron chi connectivity index (χ3n) is 6.86. The predicted molar refractivity (Wildman–Crippen MR) is 126 cm³/mol. The molecule has 9 heteroatoms. The first-order valence-electron chi connectivity index (χ1n) is 11.3. The van der Waals surface area contributed by atoms with Gasteiger partial charge in [-0.1, -0.05) is 0 Å². The van der Waals surface area contributed by atoms with Crippen LogP contribution in [0.4, 0.5) is 27.5 Å². The summed E-state index contributed by atoms with van der Waals surface area (Å²) in [4.78, 5) is 20.1. The van der Waals surface area contributed by atoms with Crippen LogP contribution < -0.4 is 19.9 Å². The van der Waals surface area contributed by atoms with Crippen molar-refractivity contribution >= 4 is 23.1 Å². The number of likely N-dealkylation sites (N-methyl/N-ethyl adjacent to an activating group) is 2. The maximum absolute atomic E-state index is 15.0. The van der Waals surface area contributed by atoms with Crippen molar-refractivity contribution in [3.8, 4) is 17.0 Å². The van der Waals surface area contributed by atoms with E-state index in [0.29, 0.717) is 41.7 Å². The Bertz CT molecular complexity index is 1200. The molecule has 2 saturated heterocycles. The number of likely N-dealkylation sites (tertiary alicyclic amines) is 1. The lowest BCUT2D eigenvalue weighted by atomic mass is 10.2. The van der Waals surface area contributed by atoms with Crippen LogP contribution in [0.3, 0.4) is 0 Å². The molecule has 0 unspecified atom stereocenters. The minimum atomic E-state index is -0.230. The monoisotopic (exact) mass is 447 g/mol. The van der Waals surface area contributed by atoms with Gasteiger partial charge in [-0.2, -0.15) is 0 Å². The van der Waals surface area contributed by atoms with Gasteiger partial charge in [-0.25, -0.2) is 19.3 Å². The molecule has 3 aliphatic heterocycles. The van der Waals surface area contributed by atoms with E-state index in [0.717, 1.165) is 43.2 Å². The van der Waals surface area contributed by atoms with Crippen LogP contribution in [0.25, 0.3) is 11.3 Å². The van der Waals surface area contributed by atoms with Crippen molar-refractivity contribution in [3.05, 3.63) is 48.5 Å². The molecule has 2 aromatic heterocycles. The second-order valence-corrected chi connectivity index (χ2v) is 9.01. The van der Waals surface area contributed by atoms with E-state index in [1.807, 2.05) is 31.3 Å². The number of anilines is 4. The van der Waals surface area contributed by atoms with Crippen molar-refractivity contribution in [1.29, 1.82) is 0 Å². The van der Waals surface area contributed by atoms with E-state index < -0.39 is 0 Å². The number of rotatable bonds is 4. The summed E-state index contributed by atoms with van der Waals surface area (Å²) in [5.74, 6) is 1.74. The van der Waals surface area contributed by atoms with Crippen LogP contribution in [0.2, 0.25) is 0 Å². The van der Waals surface area contributed by atoms with Crippen LogP contribution in [-0.2, 0) is 0 Å². The third-order valence-corrected chi connectivity index (χ3v) is 6.86. The number of fused-ring (bicyclic) bond motifs is 3. The van der Waals surface area contributed by atoms with Crippen molar-refractivity contribution < 1.29 is 9.13 Å². The Morgan fingerprint density at radius 3 is 2.79 bits per heavy atom. The van der Waals surface area contributed by atoms with Crippen LogP contribution in [0.5, 0.6) is 5.75 Å². The zero-order valence-corrected chi connectivity index (χ0v) is 18.7. The number of hydrogen-bond acceptors (Lipinski definition) is 8. The molecule has 3 aromatic rings. The van der Waals surface area contributed by atoms with E-state index in [1.54, 1.807) is 12.4 Å². The first-order chi connectivity index (χ1) is 16.0. The fourth-order valence-electron chi connectivity index (χ4n) is 5.06. The lowest BCUT2D eigenvalue weighted by Crippen LogP contribution is -2.44. The zero-order chi connectivity index (χ0) is 22.5. The van der Waals surface area contributed by atoms with Gasteiger partial charge >= 0.3 is 0 Å². The molecule has 1 N–H and O–H groups in total. The Hall–Kier alpha value is -3.46. The number of piperazine rings is 1. The van der Waals surface area contributed by atoms with Gasteiger partial charge in [0.25, 0.3) is 0 Å². The molecule has 5 heterocycles. The summed E-state index contributed by atoms with van der Waals surface area (Å²) < 4.78 is 20.8. The van der Waals surface area contributed by atoms with Gasteiger partial charge in [0.15, 0.2) is 11.6 Å². The van der Waals surface area contributed by atoms with E-state index in [2.05, 4.69) is 42.0 Å². The summed E-state index contributed by atoms with van der Waals surface area (Å²) in [6.07, 6.45) is 4.57. The number of halogens is 1. The maximum Gasteiger partial charge on any atom is 0.227 e. The van der Waals surface area contributed by atoms with E-state index in [9.17, 15) is 0 Å². The summed E-state index contributed by atoms with van der Waals surface area (Å²) in [5, 5.41) is 3.13. The van der Waals surface area contributed by atoms with E-state index in [4.69, 9.17) is 4.74 Å². The van der Waals surface area contributed by atoms with Gasteiger partial charge in [0, 0.05) is 55.9 Å². The topological polar surface area (TPSA) is 69.7 Å². The Balaban J connectivity index is 1.21. The van der Waals surface area contributed by atoms with E-state index in [1.165, 1.54) is 6.07 Å². The van der Waals surface area contributed by atoms with Gasteiger partial charge in [0.2, 0.25) is 5.95 Å². The first-order valence-corrected chi connectivity index (χ1v) is 11.3. The molecular weight excluding hydrogens is 421 g/mol. The van der Waals surface area contributed by atoms with Crippen molar-refractivity contribution in [3.63, 3.8) is 0 Å². The Morgan fingerprint density at radius 1 is 1.09 bits per heavy atom. The number of benzene rings is 1. The molecule has 2 atom stereocenters. The average Bonchev–Trinajstić information content (AvgIpc) is 3.39. The predicted octanol–water partition coefficient (Wildman–Crippen LogP) is 3.14. The lowest BCUT2D eigenvalue weighted by Gasteiger charge is -2.33.